The number of esters is 1. The van der Waals surface area contributed by atoms with Gasteiger partial charge in [0.05, 0.1) is 25.5 Å². The molecule has 24 heavy (non-hydrogen) atoms. The molecule has 0 aliphatic heterocycles. The van der Waals surface area contributed by atoms with E-state index >= 15 is 0 Å². The van der Waals surface area contributed by atoms with E-state index in [9.17, 15) is 14.7 Å². The summed E-state index contributed by atoms with van der Waals surface area (Å²) in [5.41, 5.74) is 0.426. The number of fused-ring (bicyclic) bond motifs is 1. The SMILES string of the molecule is COC(=O)c1ccc(C(=O)NCC2(O)CCCc3occc32)cc1. The van der Waals surface area contributed by atoms with Crippen LogP contribution in [-0.2, 0) is 16.8 Å². The third kappa shape index (κ3) is 3.05. The molecule has 2 aromatic rings. The van der Waals surface area contributed by atoms with Gasteiger partial charge in [-0.3, -0.25) is 4.79 Å². The van der Waals surface area contributed by atoms with Gasteiger partial charge in [0.25, 0.3) is 5.91 Å². The first kappa shape index (κ1) is 16.3. The first-order valence-corrected chi connectivity index (χ1v) is 7.79. The number of nitrogens with one attached hydrogen (secondary N) is 1. The van der Waals surface area contributed by atoms with Crippen molar-refractivity contribution in [2.24, 2.45) is 0 Å². The lowest BCUT2D eigenvalue weighted by molar-refractivity contribution is 0.0169. The molecule has 0 bridgehead atoms. The Hall–Kier alpha value is -2.60. The van der Waals surface area contributed by atoms with Gasteiger partial charge in [0.15, 0.2) is 0 Å². The molecule has 0 saturated carbocycles. The van der Waals surface area contributed by atoms with E-state index in [4.69, 9.17) is 4.42 Å². The summed E-state index contributed by atoms with van der Waals surface area (Å²) in [5.74, 6) is 0.0156. The van der Waals surface area contributed by atoms with Crippen LogP contribution in [0.5, 0.6) is 0 Å². The molecule has 1 aliphatic carbocycles. The summed E-state index contributed by atoms with van der Waals surface area (Å²) in [6.45, 7) is 0.108. The van der Waals surface area contributed by atoms with Gasteiger partial charge >= 0.3 is 5.97 Å². The van der Waals surface area contributed by atoms with Crippen LogP contribution < -0.4 is 5.32 Å². The van der Waals surface area contributed by atoms with Crippen LogP contribution >= 0.6 is 0 Å². The zero-order chi connectivity index (χ0) is 17.2. The predicted molar refractivity (Wildman–Crippen MR) is 85.7 cm³/mol. The smallest absolute Gasteiger partial charge is 0.337 e. The van der Waals surface area contributed by atoms with Crippen LogP contribution in [-0.4, -0.2) is 30.6 Å². The molecule has 0 radical (unpaired) electrons. The van der Waals surface area contributed by atoms with Crippen molar-refractivity contribution in [1.29, 1.82) is 0 Å². The fourth-order valence-corrected chi connectivity index (χ4v) is 3.01. The second-order valence-corrected chi connectivity index (χ2v) is 5.89. The summed E-state index contributed by atoms with van der Waals surface area (Å²) >= 11 is 0. The number of methoxy groups -OCH3 is 1. The highest BCUT2D eigenvalue weighted by Gasteiger charge is 2.36. The Morgan fingerprint density at radius 3 is 2.67 bits per heavy atom. The van der Waals surface area contributed by atoms with Crippen molar-refractivity contribution < 1.29 is 23.8 Å². The monoisotopic (exact) mass is 329 g/mol. The van der Waals surface area contributed by atoms with E-state index in [1.54, 1.807) is 24.5 Å². The molecule has 1 heterocycles. The Labute approximate surface area is 139 Å². The van der Waals surface area contributed by atoms with E-state index in [2.05, 4.69) is 10.1 Å². The van der Waals surface area contributed by atoms with E-state index in [1.165, 1.54) is 19.2 Å². The number of benzene rings is 1. The van der Waals surface area contributed by atoms with Crippen molar-refractivity contribution in [2.75, 3.05) is 13.7 Å². The molecule has 6 heteroatoms. The molecular formula is C18H19NO5. The number of rotatable bonds is 4. The van der Waals surface area contributed by atoms with Crippen LogP contribution in [0.4, 0.5) is 0 Å². The molecule has 1 unspecified atom stereocenters. The van der Waals surface area contributed by atoms with Crippen LogP contribution in [0, 0.1) is 0 Å². The van der Waals surface area contributed by atoms with Crippen molar-refractivity contribution in [3.63, 3.8) is 0 Å². The first-order chi connectivity index (χ1) is 11.5. The minimum Gasteiger partial charge on any atom is -0.469 e. The van der Waals surface area contributed by atoms with Crippen molar-refractivity contribution in [3.8, 4) is 0 Å². The number of carbonyl (C=O) groups is 2. The lowest BCUT2D eigenvalue weighted by Crippen LogP contribution is -2.42. The van der Waals surface area contributed by atoms with Crippen LogP contribution in [0.1, 0.15) is 44.9 Å². The maximum absolute atomic E-state index is 12.3. The number of hydrogen-bond donors (Lipinski definition) is 2. The van der Waals surface area contributed by atoms with Gasteiger partial charge in [-0.25, -0.2) is 4.79 Å². The van der Waals surface area contributed by atoms with Gasteiger partial charge < -0.3 is 19.6 Å². The average molecular weight is 329 g/mol. The van der Waals surface area contributed by atoms with E-state index in [1.807, 2.05) is 0 Å². The second-order valence-electron chi connectivity index (χ2n) is 5.89. The van der Waals surface area contributed by atoms with Crippen molar-refractivity contribution >= 4 is 11.9 Å². The number of ether oxygens (including phenoxy) is 1. The Morgan fingerprint density at radius 2 is 1.96 bits per heavy atom. The molecular weight excluding hydrogens is 310 g/mol. The highest BCUT2D eigenvalue weighted by Crippen LogP contribution is 2.35. The van der Waals surface area contributed by atoms with Crippen LogP contribution in [0.2, 0.25) is 0 Å². The van der Waals surface area contributed by atoms with Crippen molar-refractivity contribution in [1.82, 2.24) is 5.32 Å². The topological polar surface area (TPSA) is 88.8 Å². The highest BCUT2D eigenvalue weighted by molar-refractivity contribution is 5.96. The van der Waals surface area contributed by atoms with Gasteiger partial charge in [0, 0.05) is 17.5 Å². The minimum atomic E-state index is -1.11. The Bertz CT molecular complexity index is 749. The van der Waals surface area contributed by atoms with Gasteiger partial charge in [-0.2, -0.15) is 0 Å². The lowest BCUT2D eigenvalue weighted by Gasteiger charge is -2.31. The maximum Gasteiger partial charge on any atom is 0.337 e. The van der Waals surface area contributed by atoms with Gasteiger partial charge in [0.2, 0.25) is 0 Å². The number of carbonyl (C=O) groups excluding carboxylic acids is 2. The normalized spacial score (nSPS) is 19.4. The fourth-order valence-electron chi connectivity index (χ4n) is 3.01. The van der Waals surface area contributed by atoms with Crippen LogP contribution in [0.3, 0.4) is 0 Å². The van der Waals surface area contributed by atoms with Crippen molar-refractivity contribution in [2.45, 2.75) is 24.9 Å². The van der Waals surface area contributed by atoms with Gasteiger partial charge in [-0.1, -0.05) is 0 Å². The number of aliphatic hydroxyl groups is 1. The zero-order valence-electron chi connectivity index (χ0n) is 13.4. The molecule has 0 fully saturated rings. The molecule has 0 spiro atoms. The third-order valence-corrected chi connectivity index (χ3v) is 4.35. The molecule has 3 rings (SSSR count). The Balaban J connectivity index is 1.67. The number of amides is 1. The van der Waals surface area contributed by atoms with Crippen molar-refractivity contribution in [3.05, 3.63) is 59.0 Å². The number of hydrogen-bond acceptors (Lipinski definition) is 5. The van der Waals surface area contributed by atoms with E-state index in [-0.39, 0.29) is 12.5 Å². The molecule has 6 nitrogen and oxygen atoms in total. The average Bonchev–Trinajstić information content (AvgIpc) is 3.10. The fraction of sp³-hybridized carbons (Fsp3) is 0.333. The number of aryl methyl sites for hydroxylation is 1. The summed E-state index contributed by atoms with van der Waals surface area (Å²) < 4.78 is 9.99. The maximum atomic E-state index is 12.3. The van der Waals surface area contributed by atoms with Gasteiger partial charge in [-0.05, 0) is 43.2 Å². The van der Waals surface area contributed by atoms with Crippen LogP contribution in [0.25, 0.3) is 0 Å². The Morgan fingerprint density at radius 1 is 1.25 bits per heavy atom. The largest absolute Gasteiger partial charge is 0.469 e. The molecule has 1 aliphatic rings. The summed E-state index contributed by atoms with van der Waals surface area (Å²) in [5, 5.41) is 13.6. The first-order valence-electron chi connectivity index (χ1n) is 7.79. The molecule has 1 atom stereocenters. The molecule has 1 amide bonds. The van der Waals surface area contributed by atoms with E-state index in [0.29, 0.717) is 17.5 Å². The van der Waals surface area contributed by atoms with Crippen LogP contribution in [0.15, 0.2) is 41.0 Å². The lowest BCUT2D eigenvalue weighted by atomic mass is 9.83. The number of furan rings is 1. The van der Waals surface area contributed by atoms with Gasteiger partial charge in [0.1, 0.15) is 11.4 Å². The summed E-state index contributed by atoms with van der Waals surface area (Å²) in [7, 11) is 1.30. The molecule has 1 aromatic heterocycles. The summed E-state index contributed by atoms with van der Waals surface area (Å²) in [6, 6.07) is 7.92. The molecule has 1 aromatic carbocycles. The zero-order valence-corrected chi connectivity index (χ0v) is 13.4. The van der Waals surface area contributed by atoms with E-state index in [0.717, 1.165) is 24.2 Å². The van der Waals surface area contributed by atoms with Gasteiger partial charge in [-0.15, -0.1) is 0 Å². The molecule has 126 valence electrons. The minimum absolute atomic E-state index is 0.108. The summed E-state index contributed by atoms with van der Waals surface area (Å²) in [6.07, 6.45) is 3.74. The quantitative estimate of drug-likeness (QED) is 0.838. The Kier molecular flexibility index (Phi) is 4.40. The van der Waals surface area contributed by atoms with E-state index < -0.39 is 11.6 Å². The predicted octanol–water partition coefficient (Wildman–Crippen LogP) is 2.02. The third-order valence-electron chi connectivity index (χ3n) is 4.35. The standard InChI is InChI=1S/C18H19NO5/c1-23-17(21)13-6-4-12(5-7-13)16(20)19-11-18(22)9-2-3-15-14(18)8-10-24-15/h4-8,10,22H,2-3,9,11H2,1H3,(H,19,20). The highest BCUT2D eigenvalue weighted by atomic mass is 16.5. The molecule has 0 saturated heterocycles. The second kappa shape index (κ2) is 6.49. The molecule has 2 N–H and O–H groups in total. The summed E-state index contributed by atoms with van der Waals surface area (Å²) in [4.78, 5) is 23.7.